The standard InChI is InChI=1S/C21H31N3O3/c1-6-7-8-9-17-10-18-20(22-11-17)27-19(13-23(4)5)15(2)12-24(21(18)26)16(3)14-25/h10-11,15-16,19,25H,6-7,12-14H2,1-5H3/t15-,16+,19+/m0/s1. The van der Waals surface area contributed by atoms with Crippen molar-refractivity contribution < 1.29 is 14.6 Å². The van der Waals surface area contributed by atoms with Crippen molar-refractivity contribution in [2.45, 2.75) is 45.8 Å². The van der Waals surface area contributed by atoms with E-state index in [1.165, 1.54) is 0 Å². The molecule has 0 radical (unpaired) electrons. The second-order valence-electron chi connectivity index (χ2n) is 7.51. The van der Waals surface area contributed by atoms with Gasteiger partial charge in [0.25, 0.3) is 5.91 Å². The van der Waals surface area contributed by atoms with Crippen molar-refractivity contribution in [3.8, 4) is 17.7 Å². The van der Waals surface area contributed by atoms with Gasteiger partial charge in [-0.2, -0.15) is 0 Å². The molecule has 1 aliphatic rings. The van der Waals surface area contributed by atoms with Gasteiger partial charge in [0, 0.05) is 37.2 Å². The number of aromatic nitrogens is 1. The zero-order valence-corrected chi connectivity index (χ0v) is 17.0. The number of aliphatic hydroxyl groups excluding tert-OH is 1. The molecule has 2 rings (SSSR count). The molecule has 1 aromatic heterocycles. The smallest absolute Gasteiger partial charge is 0.259 e. The molecule has 0 fully saturated rings. The number of ether oxygens (including phenoxy) is 1. The fourth-order valence-corrected chi connectivity index (χ4v) is 3.04. The van der Waals surface area contributed by atoms with Crippen LogP contribution in [0.2, 0.25) is 0 Å². The largest absolute Gasteiger partial charge is 0.472 e. The number of hydrogen-bond acceptors (Lipinski definition) is 5. The molecule has 0 spiro atoms. The van der Waals surface area contributed by atoms with E-state index >= 15 is 0 Å². The molecule has 0 aliphatic carbocycles. The first-order valence-corrected chi connectivity index (χ1v) is 9.59. The van der Waals surface area contributed by atoms with E-state index in [1.807, 2.05) is 21.0 Å². The van der Waals surface area contributed by atoms with E-state index in [2.05, 4.69) is 35.6 Å². The summed E-state index contributed by atoms with van der Waals surface area (Å²) >= 11 is 0. The second kappa shape index (κ2) is 9.72. The zero-order valence-electron chi connectivity index (χ0n) is 17.0. The summed E-state index contributed by atoms with van der Waals surface area (Å²) in [5, 5.41) is 9.64. The van der Waals surface area contributed by atoms with E-state index < -0.39 is 0 Å². The molecule has 0 aromatic carbocycles. The Bertz CT molecular complexity index is 708. The van der Waals surface area contributed by atoms with Crippen molar-refractivity contribution in [1.82, 2.24) is 14.8 Å². The number of carbonyl (C=O) groups excluding carboxylic acids is 1. The maximum absolute atomic E-state index is 13.2. The lowest BCUT2D eigenvalue weighted by molar-refractivity contribution is 0.0348. The van der Waals surface area contributed by atoms with Crippen LogP contribution >= 0.6 is 0 Å². The minimum Gasteiger partial charge on any atom is -0.472 e. The molecule has 6 nitrogen and oxygen atoms in total. The third kappa shape index (κ3) is 5.44. The van der Waals surface area contributed by atoms with Gasteiger partial charge in [0.05, 0.1) is 12.6 Å². The summed E-state index contributed by atoms with van der Waals surface area (Å²) in [4.78, 5) is 21.4. The average molecular weight is 373 g/mol. The van der Waals surface area contributed by atoms with Crippen LogP contribution in [0.25, 0.3) is 0 Å². The number of unbranched alkanes of at least 4 members (excludes halogenated alkanes) is 1. The van der Waals surface area contributed by atoms with Gasteiger partial charge in [0.2, 0.25) is 5.88 Å². The van der Waals surface area contributed by atoms with Crippen molar-refractivity contribution in [1.29, 1.82) is 0 Å². The van der Waals surface area contributed by atoms with Crippen LogP contribution in [0.1, 0.15) is 49.5 Å². The number of rotatable bonds is 5. The summed E-state index contributed by atoms with van der Waals surface area (Å²) < 4.78 is 6.16. The van der Waals surface area contributed by atoms with Crippen LogP contribution in [-0.4, -0.2) is 71.7 Å². The van der Waals surface area contributed by atoms with E-state index in [4.69, 9.17) is 4.74 Å². The first-order valence-electron chi connectivity index (χ1n) is 9.59. The average Bonchev–Trinajstić information content (AvgIpc) is 2.64. The van der Waals surface area contributed by atoms with Gasteiger partial charge in [-0.15, -0.1) is 0 Å². The summed E-state index contributed by atoms with van der Waals surface area (Å²) in [5.41, 5.74) is 1.11. The zero-order chi connectivity index (χ0) is 20.0. The van der Waals surface area contributed by atoms with Crippen molar-refractivity contribution in [3.05, 3.63) is 23.4 Å². The van der Waals surface area contributed by atoms with Crippen molar-refractivity contribution in [2.24, 2.45) is 5.92 Å². The van der Waals surface area contributed by atoms with Gasteiger partial charge < -0.3 is 19.6 Å². The van der Waals surface area contributed by atoms with Gasteiger partial charge in [-0.1, -0.05) is 25.7 Å². The van der Waals surface area contributed by atoms with E-state index in [-0.39, 0.29) is 30.6 Å². The van der Waals surface area contributed by atoms with Crippen LogP contribution in [0, 0.1) is 17.8 Å². The van der Waals surface area contributed by atoms with Crippen molar-refractivity contribution >= 4 is 5.91 Å². The van der Waals surface area contributed by atoms with Gasteiger partial charge in [-0.25, -0.2) is 4.98 Å². The summed E-state index contributed by atoms with van der Waals surface area (Å²) in [5.74, 6) is 6.42. The number of fused-ring (bicyclic) bond motifs is 1. The molecule has 1 N–H and O–H groups in total. The normalized spacial score (nSPS) is 20.9. The summed E-state index contributed by atoms with van der Waals surface area (Å²) in [6.07, 6.45) is 3.34. The van der Waals surface area contributed by atoms with Crippen molar-refractivity contribution in [3.63, 3.8) is 0 Å². The molecular formula is C21H31N3O3. The van der Waals surface area contributed by atoms with Crippen LogP contribution in [0.3, 0.4) is 0 Å². The minimum absolute atomic E-state index is 0.0869. The quantitative estimate of drug-likeness (QED) is 0.800. The summed E-state index contributed by atoms with van der Waals surface area (Å²) in [6.45, 7) is 7.14. The van der Waals surface area contributed by atoms with E-state index in [9.17, 15) is 9.90 Å². The Labute approximate surface area is 162 Å². The minimum atomic E-state index is -0.277. The molecule has 0 unspecified atom stereocenters. The first-order chi connectivity index (χ1) is 12.9. The lowest BCUT2D eigenvalue weighted by atomic mass is 10.00. The van der Waals surface area contributed by atoms with E-state index in [0.29, 0.717) is 23.6 Å². The molecule has 0 bridgehead atoms. The lowest BCUT2D eigenvalue weighted by Crippen LogP contribution is -2.49. The Balaban J connectivity index is 2.46. The monoisotopic (exact) mass is 373 g/mol. The number of carbonyl (C=O) groups is 1. The van der Waals surface area contributed by atoms with Crippen LogP contribution in [0.4, 0.5) is 0 Å². The molecule has 0 saturated heterocycles. The molecule has 3 atom stereocenters. The second-order valence-corrected chi connectivity index (χ2v) is 7.51. The van der Waals surface area contributed by atoms with Crippen molar-refractivity contribution in [2.75, 3.05) is 33.8 Å². The van der Waals surface area contributed by atoms with E-state index in [0.717, 1.165) is 19.4 Å². The highest BCUT2D eigenvalue weighted by atomic mass is 16.5. The molecule has 1 aliphatic heterocycles. The van der Waals surface area contributed by atoms with Crippen LogP contribution in [0.15, 0.2) is 12.3 Å². The molecule has 1 aromatic rings. The van der Waals surface area contributed by atoms with Gasteiger partial charge in [0.1, 0.15) is 11.7 Å². The SMILES string of the molecule is CCCC#Cc1cnc2c(c1)C(=O)N([C@H](C)CO)C[C@H](C)[C@@H](CN(C)C)O2. The molecule has 0 saturated carbocycles. The predicted octanol–water partition coefficient (Wildman–Crippen LogP) is 2.01. The number of likely N-dealkylation sites (N-methyl/N-ethyl adjacent to an activating group) is 1. The Kier molecular flexibility index (Phi) is 7.64. The molecular weight excluding hydrogens is 342 g/mol. The third-order valence-corrected chi connectivity index (χ3v) is 4.67. The maximum Gasteiger partial charge on any atom is 0.259 e. The highest BCUT2D eigenvalue weighted by molar-refractivity contribution is 5.97. The van der Waals surface area contributed by atoms with Gasteiger partial charge in [-0.05, 0) is 33.5 Å². The van der Waals surface area contributed by atoms with Crippen LogP contribution < -0.4 is 4.74 Å². The van der Waals surface area contributed by atoms with Gasteiger partial charge >= 0.3 is 0 Å². The number of pyridine rings is 1. The molecule has 6 heteroatoms. The number of nitrogens with zero attached hydrogens (tertiary/aromatic N) is 3. The lowest BCUT2D eigenvalue weighted by Gasteiger charge is -2.37. The Hall–Kier alpha value is -2.10. The molecule has 27 heavy (non-hydrogen) atoms. The highest BCUT2D eigenvalue weighted by Gasteiger charge is 2.33. The Morgan fingerprint density at radius 2 is 2.22 bits per heavy atom. The number of aliphatic hydroxyl groups is 1. The van der Waals surface area contributed by atoms with Crippen LogP contribution in [0.5, 0.6) is 5.88 Å². The first kappa shape index (κ1) is 21.2. The Morgan fingerprint density at radius 1 is 1.48 bits per heavy atom. The number of hydrogen-bond donors (Lipinski definition) is 1. The third-order valence-electron chi connectivity index (χ3n) is 4.67. The van der Waals surface area contributed by atoms with E-state index in [1.54, 1.807) is 17.2 Å². The predicted molar refractivity (Wildman–Crippen MR) is 106 cm³/mol. The summed E-state index contributed by atoms with van der Waals surface area (Å²) in [7, 11) is 3.99. The van der Waals surface area contributed by atoms with Crippen LogP contribution in [-0.2, 0) is 0 Å². The Morgan fingerprint density at radius 3 is 2.85 bits per heavy atom. The molecule has 148 valence electrons. The van der Waals surface area contributed by atoms with Gasteiger partial charge in [-0.3, -0.25) is 4.79 Å². The fourth-order valence-electron chi connectivity index (χ4n) is 3.04. The summed E-state index contributed by atoms with van der Waals surface area (Å²) in [6, 6.07) is 1.48. The topological polar surface area (TPSA) is 65.9 Å². The molecule has 2 heterocycles. The van der Waals surface area contributed by atoms with Gasteiger partial charge in [0.15, 0.2) is 0 Å². The number of amides is 1. The highest BCUT2D eigenvalue weighted by Crippen LogP contribution is 2.27. The fraction of sp³-hybridized carbons (Fsp3) is 0.619. The molecule has 1 amide bonds. The maximum atomic E-state index is 13.2.